The highest BCUT2D eigenvalue weighted by atomic mass is 15.1. The third kappa shape index (κ3) is 3.24. The Bertz CT molecular complexity index is 295. The SMILES string of the molecule is C#CCC(Cc1ccccc1)N(C)C. The Morgan fingerprint density at radius 3 is 2.43 bits per heavy atom. The van der Waals surface area contributed by atoms with Crippen molar-refractivity contribution in [1.82, 2.24) is 4.90 Å². The lowest BCUT2D eigenvalue weighted by Gasteiger charge is -2.22. The van der Waals surface area contributed by atoms with Gasteiger partial charge in [0.1, 0.15) is 0 Å². The molecule has 0 saturated heterocycles. The molecule has 1 rings (SSSR count). The molecule has 0 amide bonds. The molecule has 0 radical (unpaired) electrons. The summed E-state index contributed by atoms with van der Waals surface area (Å²) in [4.78, 5) is 2.19. The number of benzene rings is 1. The Kier molecular flexibility index (Phi) is 4.22. The van der Waals surface area contributed by atoms with E-state index in [2.05, 4.69) is 49.2 Å². The smallest absolute Gasteiger partial charge is 0.0245 e. The fourth-order valence-electron chi connectivity index (χ4n) is 1.46. The molecule has 1 heteroatoms. The summed E-state index contributed by atoms with van der Waals surface area (Å²) in [5.74, 6) is 2.73. The quantitative estimate of drug-likeness (QED) is 0.653. The van der Waals surface area contributed by atoms with E-state index in [1.165, 1.54) is 5.56 Å². The Labute approximate surface area is 86.7 Å². The number of likely N-dealkylation sites (N-methyl/N-ethyl adjacent to an activating group) is 1. The summed E-state index contributed by atoms with van der Waals surface area (Å²) in [7, 11) is 4.15. The second kappa shape index (κ2) is 5.47. The maximum atomic E-state index is 5.34. The van der Waals surface area contributed by atoms with Crippen LogP contribution in [0, 0.1) is 12.3 Å². The van der Waals surface area contributed by atoms with Gasteiger partial charge in [-0.1, -0.05) is 30.3 Å². The minimum atomic E-state index is 0.447. The van der Waals surface area contributed by atoms with Crippen LogP contribution in [0.4, 0.5) is 0 Å². The van der Waals surface area contributed by atoms with Crippen LogP contribution in [-0.4, -0.2) is 25.0 Å². The molecule has 74 valence electrons. The zero-order valence-corrected chi connectivity index (χ0v) is 8.90. The van der Waals surface area contributed by atoms with Crippen LogP contribution in [0.15, 0.2) is 30.3 Å². The molecule has 1 aromatic rings. The highest BCUT2D eigenvalue weighted by Gasteiger charge is 2.09. The van der Waals surface area contributed by atoms with Gasteiger partial charge in [0.2, 0.25) is 0 Å². The fourth-order valence-corrected chi connectivity index (χ4v) is 1.46. The second-order valence-corrected chi connectivity index (χ2v) is 3.72. The molecule has 0 saturated carbocycles. The van der Waals surface area contributed by atoms with Crippen molar-refractivity contribution in [2.75, 3.05) is 14.1 Å². The van der Waals surface area contributed by atoms with Crippen LogP contribution in [0.1, 0.15) is 12.0 Å². The van der Waals surface area contributed by atoms with E-state index in [1.807, 2.05) is 6.07 Å². The van der Waals surface area contributed by atoms with Crippen LogP contribution < -0.4 is 0 Å². The first-order valence-electron chi connectivity index (χ1n) is 4.88. The lowest BCUT2D eigenvalue weighted by atomic mass is 10.0. The number of nitrogens with zero attached hydrogens (tertiary/aromatic N) is 1. The normalized spacial score (nSPS) is 12.4. The highest BCUT2D eigenvalue weighted by molar-refractivity contribution is 5.16. The molecule has 0 aliphatic carbocycles. The van der Waals surface area contributed by atoms with Crippen molar-refractivity contribution in [3.63, 3.8) is 0 Å². The monoisotopic (exact) mass is 187 g/mol. The van der Waals surface area contributed by atoms with E-state index >= 15 is 0 Å². The van der Waals surface area contributed by atoms with E-state index in [1.54, 1.807) is 0 Å². The van der Waals surface area contributed by atoms with Gasteiger partial charge >= 0.3 is 0 Å². The van der Waals surface area contributed by atoms with Gasteiger partial charge in [-0.2, -0.15) is 0 Å². The summed E-state index contributed by atoms with van der Waals surface area (Å²) in [5, 5.41) is 0. The third-order valence-corrected chi connectivity index (χ3v) is 2.40. The number of rotatable bonds is 4. The van der Waals surface area contributed by atoms with E-state index in [9.17, 15) is 0 Å². The second-order valence-electron chi connectivity index (χ2n) is 3.72. The Morgan fingerprint density at radius 1 is 1.29 bits per heavy atom. The molecule has 0 fully saturated rings. The van der Waals surface area contributed by atoms with Crippen molar-refractivity contribution in [3.8, 4) is 12.3 Å². The lowest BCUT2D eigenvalue weighted by Crippen LogP contribution is -2.29. The summed E-state index contributed by atoms with van der Waals surface area (Å²) >= 11 is 0. The molecular formula is C13H17N. The van der Waals surface area contributed by atoms with Gasteiger partial charge in [-0.3, -0.25) is 0 Å². The van der Waals surface area contributed by atoms with Gasteiger partial charge < -0.3 is 4.90 Å². The molecule has 0 aliphatic rings. The van der Waals surface area contributed by atoms with Crippen LogP contribution in [0.2, 0.25) is 0 Å². The average Bonchev–Trinajstić information content (AvgIpc) is 2.18. The van der Waals surface area contributed by atoms with E-state index in [0.29, 0.717) is 6.04 Å². The van der Waals surface area contributed by atoms with Crippen molar-refractivity contribution in [2.24, 2.45) is 0 Å². The van der Waals surface area contributed by atoms with Gasteiger partial charge in [0.25, 0.3) is 0 Å². The van der Waals surface area contributed by atoms with Gasteiger partial charge in [-0.05, 0) is 26.1 Å². The van der Waals surface area contributed by atoms with Crippen LogP contribution in [0.5, 0.6) is 0 Å². The molecule has 1 unspecified atom stereocenters. The molecule has 0 heterocycles. The molecule has 14 heavy (non-hydrogen) atoms. The maximum absolute atomic E-state index is 5.34. The van der Waals surface area contributed by atoms with Crippen LogP contribution in [0.25, 0.3) is 0 Å². The number of terminal acetylenes is 1. The van der Waals surface area contributed by atoms with E-state index in [0.717, 1.165) is 12.8 Å². The first kappa shape index (κ1) is 10.8. The van der Waals surface area contributed by atoms with Crippen LogP contribution >= 0.6 is 0 Å². The summed E-state index contributed by atoms with van der Waals surface area (Å²) in [5.41, 5.74) is 1.35. The molecule has 0 spiro atoms. The Balaban J connectivity index is 2.61. The molecule has 1 aromatic carbocycles. The van der Waals surface area contributed by atoms with Crippen LogP contribution in [0.3, 0.4) is 0 Å². The molecule has 0 bridgehead atoms. The van der Waals surface area contributed by atoms with Crippen molar-refractivity contribution >= 4 is 0 Å². The third-order valence-electron chi connectivity index (χ3n) is 2.40. The summed E-state index contributed by atoms with van der Waals surface area (Å²) in [6.45, 7) is 0. The fraction of sp³-hybridized carbons (Fsp3) is 0.385. The van der Waals surface area contributed by atoms with Gasteiger partial charge in [-0.25, -0.2) is 0 Å². The van der Waals surface area contributed by atoms with Crippen molar-refractivity contribution in [1.29, 1.82) is 0 Å². The average molecular weight is 187 g/mol. The Morgan fingerprint density at radius 2 is 1.93 bits per heavy atom. The van der Waals surface area contributed by atoms with Gasteiger partial charge in [0.15, 0.2) is 0 Å². The van der Waals surface area contributed by atoms with Crippen molar-refractivity contribution in [3.05, 3.63) is 35.9 Å². The standard InChI is InChI=1S/C13H17N/c1-4-8-13(14(2)3)11-12-9-6-5-7-10-12/h1,5-7,9-10,13H,8,11H2,2-3H3. The predicted molar refractivity (Wildman–Crippen MR) is 61.1 cm³/mol. The minimum absolute atomic E-state index is 0.447. The molecule has 0 aliphatic heterocycles. The van der Waals surface area contributed by atoms with Gasteiger partial charge in [0, 0.05) is 12.5 Å². The number of hydrogen-bond donors (Lipinski definition) is 0. The predicted octanol–water partition coefficient (Wildman–Crippen LogP) is 2.18. The van der Waals surface area contributed by atoms with E-state index < -0.39 is 0 Å². The lowest BCUT2D eigenvalue weighted by molar-refractivity contribution is 0.296. The van der Waals surface area contributed by atoms with Gasteiger partial charge in [0.05, 0.1) is 0 Å². The summed E-state index contributed by atoms with van der Waals surface area (Å²) in [6, 6.07) is 10.9. The molecule has 0 N–H and O–H groups in total. The topological polar surface area (TPSA) is 3.24 Å². The molecule has 0 aromatic heterocycles. The Hall–Kier alpha value is -1.26. The molecular weight excluding hydrogens is 170 g/mol. The van der Waals surface area contributed by atoms with Gasteiger partial charge in [-0.15, -0.1) is 12.3 Å². The largest absolute Gasteiger partial charge is 0.305 e. The summed E-state index contributed by atoms with van der Waals surface area (Å²) < 4.78 is 0. The molecule has 1 nitrogen and oxygen atoms in total. The minimum Gasteiger partial charge on any atom is -0.305 e. The van der Waals surface area contributed by atoms with Crippen molar-refractivity contribution in [2.45, 2.75) is 18.9 Å². The highest BCUT2D eigenvalue weighted by Crippen LogP contribution is 2.08. The van der Waals surface area contributed by atoms with E-state index in [-0.39, 0.29) is 0 Å². The zero-order chi connectivity index (χ0) is 10.4. The zero-order valence-electron chi connectivity index (χ0n) is 8.90. The maximum Gasteiger partial charge on any atom is 0.0245 e. The number of hydrogen-bond acceptors (Lipinski definition) is 1. The van der Waals surface area contributed by atoms with Crippen LogP contribution in [-0.2, 0) is 6.42 Å². The van der Waals surface area contributed by atoms with E-state index in [4.69, 9.17) is 6.42 Å². The first-order chi connectivity index (χ1) is 6.74. The summed E-state index contributed by atoms with van der Waals surface area (Å²) in [6.07, 6.45) is 7.18. The van der Waals surface area contributed by atoms with Crippen molar-refractivity contribution < 1.29 is 0 Å². The molecule has 1 atom stereocenters. The first-order valence-corrected chi connectivity index (χ1v) is 4.88.